The molecular weight excluding hydrogens is 448 g/mol. The molecule has 2 heterocycles. The van der Waals surface area contributed by atoms with Gasteiger partial charge in [0.2, 0.25) is 11.0 Å². The Balaban J connectivity index is 2.28. The van der Waals surface area contributed by atoms with E-state index in [1.54, 1.807) is 19.1 Å². The molecule has 1 aromatic rings. The molecule has 8 nitrogen and oxygen atoms in total. The lowest BCUT2D eigenvalue weighted by atomic mass is 9.92. The third-order valence-electron chi connectivity index (χ3n) is 5.73. The van der Waals surface area contributed by atoms with Crippen LogP contribution in [0, 0.1) is 5.92 Å². The Hall–Kier alpha value is -2.30. The molecular formula is C22H30N2O6SSi. The molecule has 3 atom stereocenters. The van der Waals surface area contributed by atoms with Gasteiger partial charge in [-0.1, -0.05) is 45.2 Å². The number of hydrogen-bond donors (Lipinski definition) is 0. The third-order valence-corrected chi connectivity index (χ3v) is 11.5. The third kappa shape index (κ3) is 5.54. The van der Waals surface area contributed by atoms with Crippen LogP contribution in [0.25, 0.3) is 0 Å². The first-order chi connectivity index (χ1) is 14.8. The van der Waals surface area contributed by atoms with Gasteiger partial charge in [0.25, 0.3) is 0 Å². The molecule has 0 N–H and O–H groups in total. The number of hydrogen-bond acceptors (Lipinski definition) is 8. The maximum absolute atomic E-state index is 13.0. The molecule has 0 saturated carbocycles. The monoisotopic (exact) mass is 478 g/mol. The number of esters is 1. The van der Waals surface area contributed by atoms with Gasteiger partial charge >= 0.3 is 11.9 Å². The predicted octanol–water partition coefficient (Wildman–Crippen LogP) is 3.41. The van der Waals surface area contributed by atoms with E-state index in [1.165, 1.54) is 18.5 Å². The Morgan fingerprint density at radius 1 is 1.34 bits per heavy atom. The average Bonchev–Trinajstić information content (AvgIpc) is 2.70. The van der Waals surface area contributed by atoms with Crippen LogP contribution in [0.3, 0.4) is 0 Å². The zero-order valence-corrected chi connectivity index (χ0v) is 21.1. The first-order valence-corrected chi connectivity index (χ1v) is 14.0. The summed E-state index contributed by atoms with van der Waals surface area (Å²) in [6.45, 7) is 15.4. The molecule has 0 unspecified atom stereocenters. The molecule has 2 rings (SSSR count). The molecule has 0 radical (unpaired) electrons. The van der Waals surface area contributed by atoms with E-state index in [4.69, 9.17) is 9.16 Å². The molecule has 0 spiro atoms. The van der Waals surface area contributed by atoms with Crippen molar-refractivity contribution in [2.75, 3.05) is 6.61 Å². The van der Waals surface area contributed by atoms with Gasteiger partial charge in [0.05, 0.1) is 12.0 Å². The SMILES string of the molecule is C=CCOC(=O)C(=O)N1C(=O)[C@H]([C@@H](C)O[Si](C)(C)C(C)(C)C)[C@H]1SC(=O)c1cccnc1. The Bertz CT molecular complexity index is 899. The predicted molar refractivity (Wildman–Crippen MR) is 124 cm³/mol. The second kappa shape index (κ2) is 10.1. The summed E-state index contributed by atoms with van der Waals surface area (Å²) in [6, 6.07) is 3.22. The standard InChI is InChI=1S/C22H30N2O6SSi/c1-8-12-29-20(27)18(26)24-17(25)16(14(2)30-32(6,7)22(3,4)5)19(24)31-21(28)15-10-9-11-23-13-15/h8-11,13-14,16,19H,1,12H2,2-7H3/t14-,16+,19-/m1/s1. The highest BCUT2D eigenvalue weighted by Crippen LogP contribution is 2.43. The number of β-lactam (4-membered cyclic amide) rings is 1. The van der Waals surface area contributed by atoms with Crippen LogP contribution < -0.4 is 0 Å². The normalized spacial score (nSPS) is 19.7. The lowest BCUT2D eigenvalue weighted by molar-refractivity contribution is -0.174. The maximum atomic E-state index is 13.0. The summed E-state index contributed by atoms with van der Waals surface area (Å²) in [6.07, 6.45) is 3.72. The van der Waals surface area contributed by atoms with E-state index in [9.17, 15) is 19.2 Å². The quantitative estimate of drug-likeness (QED) is 0.193. The molecule has 1 aromatic heterocycles. The Kier molecular flexibility index (Phi) is 8.19. The molecule has 1 aliphatic rings. The summed E-state index contributed by atoms with van der Waals surface area (Å²) in [5, 5.41) is -1.34. The van der Waals surface area contributed by atoms with Crippen LogP contribution >= 0.6 is 11.8 Å². The summed E-state index contributed by atoms with van der Waals surface area (Å²) in [7, 11) is -2.23. The Morgan fingerprint density at radius 2 is 2.00 bits per heavy atom. The number of likely N-dealkylation sites (tertiary alicyclic amines) is 1. The van der Waals surface area contributed by atoms with Crippen LogP contribution in [0.4, 0.5) is 0 Å². The molecule has 32 heavy (non-hydrogen) atoms. The number of thioether (sulfide) groups is 1. The minimum Gasteiger partial charge on any atom is -0.454 e. The van der Waals surface area contributed by atoms with Crippen LogP contribution in [0.5, 0.6) is 0 Å². The zero-order valence-electron chi connectivity index (χ0n) is 19.3. The smallest absolute Gasteiger partial charge is 0.397 e. The summed E-state index contributed by atoms with van der Waals surface area (Å²) in [5.41, 5.74) is 0.329. The van der Waals surface area contributed by atoms with Crippen molar-refractivity contribution >= 4 is 43.0 Å². The number of carbonyl (C=O) groups is 4. The molecule has 0 aliphatic carbocycles. The first kappa shape index (κ1) is 26.0. The van der Waals surface area contributed by atoms with Gasteiger partial charge < -0.3 is 9.16 Å². The largest absolute Gasteiger partial charge is 0.454 e. The lowest BCUT2D eigenvalue weighted by Gasteiger charge is -2.49. The van der Waals surface area contributed by atoms with Crippen LogP contribution in [-0.2, 0) is 23.5 Å². The lowest BCUT2D eigenvalue weighted by Crippen LogP contribution is -2.67. The van der Waals surface area contributed by atoms with Gasteiger partial charge in [-0.05, 0) is 37.2 Å². The molecule has 1 saturated heterocycles. The number of nitrogens with zero attached hydrogens (tertiary/aromatic N) is 2. The summed E-state index contributed by atoms with van der Waals surface area (Å²) in [4.78, 5) is 55.2. The molecule has 10 heteroatoms. The van der Waals surface area contributed by atoms with Crippen molar-refractivity contribution in [2.24, 2.45) is 5.92 Å². The van der Waals surface area contributed by atoms with Crippen LogP contribution in [0.2, 0.25) is 18.1 Å². The van der Waals surface area contributed by atoms with E-state index >= 15 is 0 Å². The fraction of sp³-hybridized carbons (Fsp3) is 0.500. The highest BCUT2D eigenvalue weighted by atomic mass is 32.2. The molecule has 1 fully saturated rings. The van der Waals surface area contributed by atoms with Gasteiger partial charge in [-0.25, -0.2) is 4.79 Å². The summed E-state index contributed by atoms with van der Waals surface area (Å²) < 4.78 is 11.1. The topological polar surface area (TPSA) is 103 Å². The highest BCUT2D eigenvalue weighted by Gasteiger charge is 2.57. The van der Waals surface area contributed by atoms with E-state index in [1.807, 2.05) is 0 Å². The number of carbonyl (C=O) groups excluding carboxylic acids is 4. The van der Waals surface area contributed by atoms with E-state index < -0.39 is 43.5 Å². The van der Waals surface area contributed by atoms with E-state index in [2.05, 4.69) is 45.4 Å². The van der Waals surface area contributed by atoms with Crippen molar-refractivity contribution in [2.45, 2.75) is 57.3 Å². The van der Waals surface area contributed by atoms with E-state index in [0.717, 1.165) is 16.7 Å². The minimum absolute atomic E-state index is 0.0910. The van der Waals surface area contributed by atoms with Crippen molar-refractivity contribution in [1.29, 1.82) is 0 Å². The number of rotatable bonds is 7. The van der Waals surface area contributed by atoms with Gasteiger partial charge in [0, 0.05) is 18.0 Å². The van der Waals surface area contributed by atoms with Crippen LogP contribution in [0.1, 0.15) is 38.1 Å². The van der Waals surface area contributed by atoms with Crippen molar-refractivity contribution in [1.82, 2.24) is 9.88 Å². The fourth-order valence-electron chi connectivity index (χ4n) is 2.93. The highest BCUT2D eigenvalue weighted by molar-refractivity contribution is 8.14. The Labute approximate surface area is 193 Å². The molecule has 0 bridgehead atoms. The average molecular weight is 479 g/mol. The molecule has 1 aliphatic heterocycles. The number of imide groups is 1. The Morgan fingerprint density at radius 3 is 2.53 bits per heavy atom. The first-order valence-electron chi connectivity index (χ1n) is 10.3. The zero-order chi connectivity index (χ0) is 24.3. The number of ether oxygens (including phenoxy) is 1. The van der Waals surface area contributed by atoms with Crippen LogP contribution in [-0.4, -0.2) is 59.2 Å². The number of aromatic nitrogens is 1. The van der Waals surface area contributed by atoms with Crippen molar-refractivity contribution in [3.8, 4) is 0 Å². The molecule has 0 aromatic carbocycles. The summed E-state index contributed by atoms with van der Waals surface area (Å²) >= 11 is 0.804. The van der Waals surface area contributed by atoms with Crippen molar-refractivity contribution in [3.05, 3.63) is 42.7 Å². The molecule has 2 amide bonds. The van der Waals surface area contributed by atoms with Gasteiger partial charge in [-0.3, -0.25) is 24.3 Å². The number of amides is 2. The van der Waals surface area contributed by atoms with Gasteiger partial charge in [0.1, 0.15) is 12.0 Å². The van der Waals surface area contributed by atoms with Gasteiger partial charge in [-0.2, -0.15) is 0 Å². The van der Waals surface area contributed by atoms with E-state index in [-0.39, 0.29) is 16.8 Å². The van der Waals surface area contributed by atoms with Crippen molar-refractivity contribution < 1.29 is 28.3 Å². The minimum atomic E-state index is -2.23. The second-order valence-corrected chi connectivity index (χ2v) is 14.9. The van der Waals surface area contributed by atoms with Gasteiger partial charge in [-0.15, -0.1) is 0 Å². The van der Waals surface area contributed by atoms with E-state index in [0.29, 0.717) is 5.56 Å². The summed E-state index contributed by atoms with van der Waals surface area (Å²) in [5.74, 6) is -3.60. The maximum Gasteiger partial charge on any atom is 0.397 e. The second-order valence-electron chi connectivity index (χ2n) is 9.05. The van der Waals surface area contributed by atoms with Crippen LogP contribution in [0.15, 0.2) is 37.2 Å². The van der Waals surface area contributed by atoms with Gasteiger partial charge in [0.15, 0.2) is 8.32 Å². The molecule has 174 valence electrons. The van der Waals surface area contributed by atoms with Crippen molar-refractivity contribution in [3.63, 3.8) is 0 Å². The number of pyridine rings is 1. The fourth-order valence-corrected chi connectivity index (χ4v) is 5.63.